The fourth-order valence-electron chi connectivity index (χ4n) is 2.76. The standard InChI is InChI=1S/C21H22N4O4/c1-13-22-19(24-16-8-6-5-7-15(16)21(26)29-4)12-20(23-13)25-17-11-14(27-2)9-10-18(17)28-3/h5-12H,1-4H3,(H2,22,23,24,25). The number of para-hydroxylation sites is 1. The summed E-state index contributed by atoms with van der Waals surface area (Å²) in [4.78, 5) is 20.8. The molecule has 1 heterocycles. The number of rotatable bonds is 7. The maximum Gasteiger partial charge on any atom is 0.339 e. The minimum absolute atomic E-state index is 0.412. The molecule has 0 spiro atoms. The van der Waals surface area contributed by atoms with Gasteiger partial charge in [-0.3, -0.25) is 0 Å². The van der Waals surface area contributed by atoms with Gasteiger partial charge in [0, 0.05) is 12.1 Å². The molecule has 0 aliphatic rings. The average Bonchev–Trinajstić information content (AvgIpc) is 2.73. The van der Waals surface area contributed by atoms with E-state index in [1.807, 2.05) is 18.2 Å². The van der Waals surface area contributed by atoms with Crippen molar-refractivity contribution < 1.29 is 19.0 Å². The lowest BCUT2D eigenvalue weighted by molar-refractivity contribution is 0.0602. The molecular weight excluding hydrogens is 372 g/mol. The zero-order chi connectivity index (χ0) is 20.8. The van der Waals surface area contributed by atoms with Crippen LogP contribution in [0.4, 0.5) is 23.0 Å². The summed E-state index contributed by atoms with van der Waals surface area (Å²) in [6.45, 7) is 1.78. The number of ether oxygens (including phenoxy) is 3. The quantitative estimate of drug-likeness (QED) is 0.579. The Morgan fingerprint density at radius 3 is 2.21 bits per heavy atom. The number of aromatic nitrogens is 2. The number of hydrogen-bond donors (Lipinski definition) is 2. The summed E-state index contributed by atoms with van der Waals surface area (Å²) in [6.07, 6.45) is 0. The largest absolute Gasteiger partial charge is 0.497 e. The molecule has 0 atom stereocenters. The second-order valence-corrected chi connectivity index (χ2v) is 6.04. The third-order valence-electron chi connectivity index (χ3n) is 4.10. The van der Waals surface area contributed by atoms with Crippen LogP contribution in [0, 0.1) is 6.92 Å². The molecular formula is C21H22N4O4. The Morgan fingerprint density at radius 1 is 0.862 bits per heavy atom. The number of benzene rings is 2. The molecule has 8 nitrogen and oxygen atoms in total. The van der Waals surface area contributed by atoms with Crippen molar-refractivity contribution in [1.82, 2.24) is 9.97 Å². The molecule has 0 aliphatic carbocycles. The van der Waals surface area contributed by atoms with Crippen LogP contribution in [-0.2, 0) is 4.74 Å². The molecule has 0 saturated carbocycles. The average molecular weight is 394 g/mol. The molecule has 0 radical (unpaired) electrons. The molecule has 2 aromatic carbocycles. The van der Waals surface area contributed by atoms with Gasteiger partial charge in [0.15, 0.2) is 0 Å². The highest BCUT2D eigenvalue weighted by Crippen LogP contribution is 2.32. The molecule has 3 aromatic rings. The summed E-state index contributed by atoms with van der Waals surface area (Å²) < 4.78 is 15.5. The Bertz CT molecular complexity index is 1020. The van der Waals surface area contributed by atoms with Gasteiger partial charge in [-0.15, -0.1) is 0 Å². The van der Waals surface area contributed by atoms with E-state index in [2.05, 4.69) is 20.6 Å². The molecule has 2 N–H and O–H groups in total. The molecule has 150 valence electrons. The molecule has 0 amide bonds. The highest BCUT2D eigenvalue weighted by Gasteiger charge is 2.13. The second kappa shape index (κ2) is 8.92. The van der Waals surface area contributed by atoms with Crippen molar-refractivity contribution in [3.05, 3.63) is 59.9 Å². The summed E-state index contributed by atoms with van der Waals surface area (Å²) in [5.74, 6) is 2.53. The van der Waals surface area contributed by atoms with E-state index in [4.69, 9.17) is 14.2 Å². The van der Waals surface area contributed by atoms with Crippen LogP contribution in [0.5, 0.6) is 11.5 Å². The predicted octanol–water partition coefficient (Wildman–Crippen LogP) is 4.08. The number of carbonyl (C=O) groups is 1. The first-order valence-electron chi connectivity index (χ1n) is 8.83. The van der Waals surface area contributed by atoms with E-state index < -0.39 is 5.97 Å². The highest BCUT2D eigenvalue weighted by atomic mass is 16.5. The number of nitrogens with one attached hydrogen (secondary N) is 2. The molecule has 0 fully saturated rings. The zero-order valence-electron chi connectivity index (χ0n) is 16.6. The molecule has 8 heteroatoms. The Hall–Kier alpha value is -3.81. The smallest absolute Gasteiger partial charge is 0.339 e. The number of esters is 1. The SMILES string of the molecule is COC(=O)c1ccccc1Nc1cc(Nc2cc(OC)ccc2OC)nc(C)n1. The van der Waals surface area contributed by atoms with Gasteiger partial charge < -0.3 is 24.8 Å². The van der Waals surface area contributed by atoms with Crippen molar-refractivity contribution in [2.75, 3.05) is 32.0 Å². The van der Waals surface area contributed by atoms with Gasteiger partial charge in [-0.2, -0.15) is 0 Å². The zero-order valence-corrected chi connectivity index (χ0v) is 16.6. The minimum atomic E-state index is -0.432. The molecule has 0 unspecified atom stereocenters. The Kier molecular flexibility index (Phi) is 6.13. The van der Waals surface area contributed by atoms with Crippen molar-refractivity contribution in [2.24, 2.45) is 0 Å². The number of aryl methyl sites for hydroxylation is 1. The van der Waals surface area contributed by atoms with Crippen molar-refractivity contribution in [1.29, 1.82) is 0 Å². The molecule has 0 aliphatic heterocycles. The first kappa shape index (κ1) is 19.9. The van der Waals surface area contributed by atoms with E-state index in [0.29, 0.717) is 45.9 Å². The van der Waals surface area contributed by atoms with Crippen LogP contribution in [0.3, 0.4) is 0 Å². The van der Waals surface area contributed by atoms with Crippen LogP contribution >= 0.6 is 0 Å². The van der Waals surface area contributed by atoms with Gasteiger partial charge >= 0.3 is 5.97 Å². The maximum absolute atomic E-state index is 12.0. The normalized spacial score (nSPS) is 10.2. The Labute approximate surface area is 168 Å². The van der Waals surface area contributed by atoms with Gasteiger partial charge in [0.2, 0.25) is 0 Å². The lowest BCUT2D eigenvalue weighted by Gasteiger charge is -2.14. The number of anilines is 4. The van der Waals surface area contributed by atoms with Crippen LogP contribution in [0.2, 0.25) is 0 Å². The monoisotopic (exact) mass is 394 g/mol. The molecule has 0 bridgehead atoms. The van der Waals surface area contributed by atoms with Crippen LogP contribution in [0.15, 0.2) is 48.5 Å². The molecule has 0 saturated heterocycles. The van der Waals surface area contributed by atoms with Crippen molar-refractivity contribution >= 4 is 29.0 Å². The minimum Gasteiger partial charge on any atom is -0.497 e. The van der Waals surface area contributed by atoms with E-state index in [1.54, 1.807) is 51.5 Å². The summed E-state index contributed by atoms with van der Waals surface area (Å²) in [7, 11) is 4.54. The van der Waals surface area contributed by atoms with Gasteiger partial charge in [-0.25, -0.2) is 14.8 Å². The molecule has 3 rings (SSSR count). The number of carbonyl (C=O) groups excluding carboxylic acids is 1. The lowest BCUT2D eigenvalue weighted by atomic mass is 10.2. The first-order valence-corrected chi connectivity index (χ1v) is 8.83. The fraction of sp³-hybridized carbons (Fsp3) is 0.190. The summed E-state index contributed by atoms with van der Waals surface area (Å²) in [5, 5.41) is 6.38. The van der Waals surface area contributed by atoms with Crippen LogP contribution in [0.25, 0.3) is 0 Å². The Morgan fingerprint density at radius 2 is 1.55 bits per heavy atom. The van der Waals surface area contributed by atoms with Gasteiger partial charge in [-0.05, 0) is 31.2 Å². The van der Waals surface area contributed by atoms with Gasteiger partial charge in [0.1, 0.15) is 29.0 Å². The van der Waals surface area contributed by atoms with E-state index in [-0.39, 0.29) is 0 Å². The molecule has 29 heavy (non-hydrogen) atoms. The van der Waals surface area contributed by atoms with E-state index >= 15 is 0 Å². The van der Waals surface area contributed by atoms with Crippen molar-refractivity contribution in [3.8, 4) is 11.5 Å². The third kappa shape index (κ3) is 4.73. The van der Waals surface area contributed by atoms with Crippen LogP contribution in [-0.4, -0.2) is 37.3 Å². The second-order valence-electron chi connectivity index (χ2n) is 6.04. The Balaban J connectivity index is 1.91. The number of nitrogens with zero attached hydrogens (tertiary/aromatic N) is 2. The summed E-state index contributed by atoms with van der Waals surface area (Å²) in [6, 6.07) is 14.2. The van der Waals surface area contributed by atoms with Gasteiger partial charge in [-0.1, -0.05) is 12.1 Å². The molecule has 1 aromatic heterocycles. The van der Waals surface area contributed by atoms with E-state index in [0.717, 1.165) is 0 Å². The topological polar surface area (TPSA) is 94.6 Å². The van der Waals surface area contributed by atoms with E-state index in [1.165, 1.54) is 7.11 Å². The van der Waals surface area contributed by atoms with Gasteiger partial charge in [0.05, 0.1) is 38.3 Å². The first-order chi connectivity index (χ1) is 14.0. The fourth-order valence-corrected chi connectivity index (χ4v) is 2.76. The third-order valence-corrected chi connectivity index (χ3v) is 4.10. The van der Waals surface area contributed by atoms with Gasteiger partial charge in [0.25, 0.3) is 0 Å². The summed E-state index contributed by atoms with van der Waals surface area (Å²) in [5.41, 5.74) is 1.70. The maximum atomic E-state index is 12.0. The summed E-state index contributed by atoms with van der Waals surface area (Å²) >= 11 is 0. The predicted molar refractivity (Wildman–Crippen MR) is 111 cm³/mol. The van der Waals surface area contributed by atoms with Crippen molar-refractivity contribution in [3.63, 3.8) is 0 Å². The van der Waals surface area contributed by atoms with Crippen molar-refractivity contribution in [2.45, 2.75) is 6.92 Å². The highest BCUT2D eigenvalue weighted by molar-refractivity contribution is 5.96. The lowest BCUT2D eigenvalue weighted by Crippen LogP contribution is -2.07. The van der Waals surface area contributed by atoms with E-state index in [9.17, 15) is 4.79 Å². The van der Waals surface area contributed by atoms with Crippen LogP contribution < -0.4 is 20.1 Å². The number of methoxy groups -OCH3 is 3. The van der Waals surface area contributed by atoms with Crippen LogP contribution in [0.1, 0.15) is 16.2 Å². The number of hydrogen-bond acceptors (Lipinski definition) is 8.